The molecule has 27 heavy (non-hydrogen) atoms. The number of hydrogen-bond acceptors (Lipinski definition) is 2. The second kappa shape index (κ2) is 7.17. The zero-order valence-electron chi connectivity index (χ0n) is 15.1. The number of aromatic nitrogens is 2. The van der Waals surface area contributed by atoms with E-state index in [1.807, 2.05) is 48.0 Å². The topological polar surface area (TPSA) is 46.9 Å². The van der Waals surface area contributed by atoms with E-state index in [4.69, 9.17) is 23.2 Å². The largest absolute Gasteiger partial charge is 0.355 e. The summed E-state index contributed by atoms with van der Waals surface area (Å²) in [5.41, 5.74) is 3.02. The third-order valence-corrected chi connectivity index (χ3v) is 6.00. The summed E-state index contributed by atoms with van der Waals surface area (Å²) >= 11 is 12.4. The van der Waals surface area contributed by atoms with Crippen LogP contribution in [0.1, 0.15) is 30.7 Å². The van der Waals surface area contributed by atoms with Crippen LogP contribution in [-0.2, 0) is 23.7 Å². The molecule has 1 fully saturated rings. The summed E-state index contributed by atoms with van der Waals surface area (Å²) in [5.74, 6) is 0.924. The first-order valence-electron chi connectivity index (χ1n) is 9.11. The average molecular weight is 402 g/mol. The van der Waals surface area contributed by atoms with E-state index >= 15 is 0 Å². The number of rotatable bonds is 6. The molecule has 1 amide bonds. The van der Waals surface area contributed by atoms with Gasteiger partial charge in [0.15, 0.2) is 0 Å². The Hall–Kier alpha value is -2.04. The Balaban J connectivity index is 1.37. The van der Waals surface area contributed by atoms with E-state index in [9.17, 15) is 4.79 Å². The third-order valence-electron chi connectivity index (χ3n) is 5.43. The number of aryl methyl sites for hydroxylation is 2. The number of carbonyl (C=O) groups excluding carboxylic acids is 1. The predicted octanol–water partition coefficient (Wildman–Crippen LogP) is 4.66. The maximum atomic E-state index is 12.4. The second-order valence-electron chi connectivity index (χ2n) is 7.26. The number of amides is 1. The SMILES string of the molecule is Cn1c(CCC(=O)NCC2(c3ccccc3Cl)CC2)nc2cc(Cl)ccc21. The number of halogens is 2. The van der Waals surface area contributed by atoms with E-state index in [0.29, 0.717) is 24.4 Å². The Kier molecular flexibility index (Phi) is 4.87. The lowest BCUT2D eigenvalue weighted by Crippen LogP contribution is -2.32. The highest BCUT2D eigenvalue weighted by molar-refractivity contribution is 6.31. The molecular formula is C21H21Cl2N3O. The third kappa shape index (κ3) is 3.69. The van der Waals surface area contributed by atoms with Gasteiger partial charge in [0.25, 0.3) is 0 Å². The minimum atomic E-state index is 0.00264. The molecule has 1 saturated carbocycles. The predicted molar refractivity (Wildman–Crippen MR) is 109 cm³/mol. The highest BCUT2D eigenvalue weighted by Crippen LogP contribution is 2.49. The van der Waals surface area contributed by atoms with Crippen molar-refractivity contribution in [2.75, 3.05) is 6.54 Å². The Morgan fingerprint density at radius 3 is 2.74 bits per heavy atom. The normalized spacial score (nSPS) is 15.1. The molecule has 4 nitrogen and oxygen atoms in total. The fourth-order valence-electron chi connectivity index (χ4n) is 3.61. The summed E-state index contributed by atoms with van der Waals surface area (Å²) in [7, 11) is 1.97. The Bertz CT molecular complexity index is 1010. The molecule has 0 radical (unpaired) electrons. The molecule has 2 aromatic carbocycles. The summed E-state index contributed by atoms with van der Waals surface area (Å²) in [6.45, 7) is 0.633. The van der Waals surface area contributed by atoms with Crippen LogP contribution in [-0.4, -0.2) is 22.0 Å². The molecule has 1 aliphatic rings. The van der Waals surface area contributed by atoms with Gasteiger partial charge in [-0.05, 0) is 42.7 Å². The number of benzene rings is 2. The van der Waals surface area contributed by atoms with Crippen molar-refractivity contribution in [3.63, 3.8) is 0 Å². The van der Waals surface area contributed by atoms with Gasteiger partial charge in [-0.25, -0.2) is 4.98 Å². The first-order chi connectivity index (χ1) is 13.0. The van der Waals surface area contributed by atoms with Crippen LogP contribution in [0.15, 0.2) is 42.5 Å². The summed E-state index contributed by atoms with van der Waals surface area (Å²) < 4.78 is 2.02. The molecule has 1 aliphatic carbocycles. The van der Waals surface area contributed by atoms with Crippen LogP contribution in [0, 0.1) is 0 Å². The van der Waals surface area contributed by atoms with Crippen LogP contribution in [0.5, 0.6) is 0 Å². The van der Waals surface area contributed by atoms with E-state index in [1.54, 1.807) is 0 Å². The highest BCUT2D eigenvalue weighted by atomic mass is 35.5. The quantitative estimate of drug-likeness (QED) is 0.652. The molecule has 0 unspecified atom stereocenters. The fourth-order valence-corrected chi connectivity index (χ4v) is 4.11. The lowest BCUT2D eigenvalue weighted by Gasteiger charge is -2.18. The van der Waals surface area contributed by atoms with Gasteiger partial charge in [0.05, 0.1) is 11.0 Å². The van der Waals surface area contributed by atoms with E-state index in [2.05, 4.69) is 16.4 Å². The molecule has 0 spiro atoms. The van der Waals surface area contributed by atoms with E-state index in [0.717, 1.165) is 40.3 Å². The summed E-state index contributed by atoms with van der Waals surface area (Å²) in [5, 5.41) is 4.53. The smallest absolute Gasteiger partial charge is 0.220 e. The van der Waals surface area contributed by atoms with Crippen molar-refractivity contribution < 1.29 is 4.79 Å². The number of nitrogens with zero attached hydrogens (tertiary/aromatic N) is 2. The number of hydrogen-bond donors (Lipinski definition) is 1. The Labute approximate surface area is 168 Å². The zero-order chi connectivity index (χ0) is 19.0. The minimum absolute atomic E-state index is 0.00264. The van der Waals surface area contributed by atoms with Crippen LogP contribution in [0.3, 0.4) is 0 Å². The van der Waals surface area contributed by atoms with E-state index < -0.39 is 0 Å². The van der Waals surface area contributed by atoms with Gasteiger partial charge in [0.2, 0.25) is 5.91 Å². The Morgan fingerprint density at radius 1 is 1.22 bits per heavy atom. The molecule has 0 aliphatic heterocycles. The van der Waals surface area contributed by atoms with Crippen molar-refractivity contribution in [3.05, 3.63) is 63.9 Å². The van der Waals surface area contributed by atoms with Crippen LogP contribution in [0.25, 0.3) is 11.0 Å². The molecule has 0 bridgehead atoms. The van der Waals surface area contributed by atoms with Crippen molar-refractivity contribution >= 4 is 40.1 Å². The molecule has 140 valence electrons. The van der Waals surface area contributed by atoms with Crippen molar-refractivity contribution in [2.45, 2.75) is 31.1 Å². The Morgan fingerprint density at radius 2 is 2.00 bits per heavy atom. The monoisotopic (exact) mass is 401 g/mol. The first kappa shape index (κ1) is 18.3. The molecular weight excluding hydrogens is 381 g/mol. The highest BCUT2D eigenvalue weighted by Gasteiger charge is 2.45. The van der Waals surface area contributed by atoms with Gasteiger partial charge < -0.3 is 9.88 Å². The fraction of sp³-hybridized carbons (Fsp3) is 0.333. The van der Waals surface area contributed by atoms with Gasteiger partial charge >= 0.3 is 0 Å². The maximum absolute atomic E-state index is 12.4. The number of nitrogens with one attached hydrogen (secondary N) is 1. The first-order valence-corrected chi connectivity index (χ1v) is 9.87. The maximum Gasteiger partial charge on any atom is 0.220 e. The van der Waals surface area contributed by atoms with Gasteiger partial charge in [-0.3, -0.25) is 4.79 Å². The molecule has 3 aromatic rings. The van der Waals surface area contributed by atoms with Crippen LogP contribution in [0.2, 0.25) is 10.0 Å². The average Bonchev–Trinajstić information content (AvgIpc) is 3.38. The van der Waals surface area contributed by atoms with E-state index in [1.165, 1.54) is 0 Å². The molecule has 1 heterocycles. The van der Waals surface area contributed by atoms with Crippen molar-refractivity contribution in [1.29, 1.82) is 0 Å². The molecule has 6 heteroatoms. The number of fused-ring (bicyclic) bond motifs is 1. The standard InChI is InChI=1S/C21H21Cl2N3O/c1-26-18-7-6-14(22)12-17(18)25-19(26)8-9-20(27)24-13-21(10-11-21)15-4-2-3-5-16(15)23/h2-7,12H,8-11,13H2,1H3,(H,24,27). The summed E-state index contributed by atoms with van der Waals surface area (Å²) in [6.07, 6.45) is 3.11. The van der Waals surface area contributed by atoms with E-state index in [-0.39, 0.29) is 11.3 Å². The molecule has 0 saturated heterocycles. The van der Waals surface area contributed by atoms with Crippen LogP contribution in [0.4, 0.5) is 0 Å². The van der Waals surface area contributed by atoms with Gasteiger partial charge in [-0.1, -0.05) is 41.4 Å². The number of carbonyl (C=O) groups is 1. The lowest BCUT2D eigenvalue weighted by molar-refractivity contribution is -0.121. The van der Waals surface area contributed by atoms with Gasteiger partial charge in [0.1, 0.15) is 5.82 Å². The molecule has 1 aromatic heterocycles. The minimum Gasteiger partial charge on any atom is -0.355 e. The molecule has 0 atom stereocenters. The van der Waals surface area contributed by atoms with Gasteiger partial charge in [0, 0.05) is 41.9 Å². The summed E-state index contributed by atoms with van der Waals surface area (Å²) in [6, 6.07) is 13.6. The van der Waals surface area contributed by atoms with Crippen molar-refractivity contribution in [2.24, 2.45) is 7.05 Å². The number of imidazole rings is 1. The molecule has 1 N–H and O–H groups in total. The van der Waals surface area contributed by atoms with Crippen LogP contribution >= 0.6 is 23.2 Å². The van der Waals surface area contributed by atoms with Gasteiger partial charge in [-0.15, -0.1) is 0 Å². The van der Waals surface area contributed by atoms with Crippen molar-refractivity contribution in [3.8, 4) is 0 Å². The molecule has 4 rings (SSSR count). The van der Waals surface area contributed by atoms with Crippen LogP contribution < -0.4 is 5.32 Å². The lowest BCUT2D eigenvalue weighted by atomic mass is 9.96. The van der Waals surface area contributed by atoms with Gasteiger partial charge in [-0.2, -0.15) is 0 Å². The summed E-state index contributed by atoms with van der Waals surface area (Å²) in [4.78, 5) is 17.0. The zero-order valence-corrected chi connectivity index (χ0v) is 16.6. The van der Waals surface area contributed by atoms with Crippen molar-refractivity contribution in [1.82, 2.24) is 14.9 Å². The second-order valence-corrected chi connectivity index (χ2v) is 8.10.